The molecule has 4 rings (SSSR count). The molecular weight excluding hydrogens is 260 g/mol. The van der Waals surface area contributed by atoms with Gasteiger partial charge in [-0.15, -0.1) is 5.92 Å². The summed E-state index contributed by atoms with van der Waals surface area (Å²) in [7, 11) is 2.02. The van der Waals surface area contributed by atoms with E-state index >= 15 is 0 Å². The van der Waals surface area contributed by atoms with Crippen molar-refractivity contribution in [2.45, 2.75) is 32.7 Å². The molecule has 1 aromatic rings. The lowest BCUT2D eigenvalue weighted by Gasteiger charge is -2.67. The number of carbonyl (C=O) groups excluding carboxylic acids is 1. The molecule has 0 aromatic heterocycles. The number of fused-ring (bicyclic) bond motifs is 2. The van der Waals surface area contributed by atoms with Gasteiger partial charge in [-0.05, 0) is 17.9 Å². The number of nitrogens with zero attached hydrogens (tertiary/aromatic N) is 2. The molecule has 2 heterocycles. The second-order valence-electron chi connectivity index (χ2n) is 6.58. The number of amides is 1. The average Bonchev–Trinajstić information content (AvgIpc) is 2.45. The maximum atomic E-state index is 12.9. The number of likely N-dealkylation sites (N-methyl/N-ethyl adjacent to an activating group) is 1. The predicted molar refractivity (Wildman–Crippen MR) is 83.2 cm³/mol. The minimum absolute atomic E-state index is 0.0164. The molecule has 3 nitrogen and oxygen atoms in total. The number of hydrogen-bond acceptors (Lipinski definition) is 2. The Bertz CT molecular complexity index is 611. The topological polar surface area (TPSA) is 23.6 Å². The van der Waals surface area contributed by atoms with Crippen LogP contribution in [0.25, 0.3) is 0 Å². The quantitative estimate of drug-likeness (QED) is 0.778. The first-order valence-corrected chi connectivity index (χ1v) is 7.48. The molecule has 2 aliphatic heterocycles. The molecule has 1 saturated carbocycles. The van der Waals surface area contributed by atoms with Gasteiger partial charge in [-0.25, -0.2) is 5.01 Å². The molecule has 3 heteroatoms. The van der Waals surface area contributed by atoms with Gasteiger partial charge in [-0.3, -0.25) is 9.80 Å². The molecule has 1 amide bonds. The highest BCUT2D eigenvalue weighted by Gasteiger charge is 2.66. The van der Waals surface area contributed by atoms with E-state index < -0.39 is 0 Å². The van der Waals surface area contributed by atoms with Crippen LogP contribution in [0.1, 0.15) is 32.3 Å². The van der Waals surface area contributed by atoms with Crippen LogP contribution >= 0.6 is 0 Å². The summed E-state index contributed by atoms with van der Waals surface area (Å²) in [5, 5.41) is 3.93. The van der Waals surface area contributed by atoms with E-state index in [1.165, 1.54) is 5.56 Å². The van der Waals surface area contributed by atoms with E-state index in [9.17, 15) is 4.79 Å². The molecule has 2 saturated heterocycles. The zero-order chi connectivity index (χ0) is 15.2. The summed E-state index contributed by atoms with van der Waals surface area (Å²) >= 11 is 0. The van der Waals surface area contributed by atoms with E-state index in [1.54, 1.807) is 0 Å². The van der Waals surface area contributed by atoms with Gasteiger partial charge in [0.25, 0.3) is 0 Å². The van der Waals surface area contributed by atoms with Crippen LogP contribution in [0.3, 0.4) is 0 Å². The Morgan fingerprint density at radius 1 is 1.24 bits per heavy atom. The normalized spacial score (nSPS) is 30.4. The second-order valence-corrected chi connectivity index (χ2v) is 6.58. The summed E-state index contributed by atoms with van der Waals surface area (Å²) in [6, 6.07) is 10.8. The Morgan fingerprint density at radius 3 is 2.48 bits per heavy atom. The monoisotopic (exact) mass is 282 g/mol. The van der Waals surface area contributed by atoms with Crippen molar-refractivity contribution in [1.29, 1.82) is 0 Å². The van der Waals surface area contributed by atoms with Crippen LogP contribution in [0.15, 0.2) is 30.3 Å². The molecule has 110 valence electrons. The fraction of sp³-hybridized carbons (Fsp3) is 0.500. The molecule has 3 aliphatic rings. The van der Waals surface area contributed by atoms with Crippen molar-refractivity contribution in [1.82, 2.24) is 10.0 Å². The summed E-state index contributed by atoms with van der Waals surface area (Å²) in [6.45, 7) is 6.72. The van der Waals surface area contributed by atoms with E-state index in [2.05, 4.69) is 55.0 Å². The first kappa shape index (κ1) is 14.2. The lowest BCUT2D eigenvalue weighted by atomic mass is 9.48. The van der Waals surface area contributed by atoms with Crippen LogP contribution in [0.2, 0.25) is 0 Å². The summed E-state index contributed by atoms with van der Waals surface area (Å²) in [5.41, 5.74) is 1.29. The molecule has 3 unspecified atom stereocenters. The van der Waals surface area contributed by atoms with E-state index in [-0.39, 0.29) is 17.2 Å². The summed E-state index contributed by atoms with van der Waals surface area (Å²) in [5.74, 6) is 6.46. The molecule has 3 atom stereocenters. The Hall–Kier alpha value is -1.79. The van der Waals surface area contributed by atoms with Crippen molar-refractivity contribution in [2.75, 3.05) is 13.6 Å². The van der Waals surface area contributed by atoms with Gasteiger partial charge in [0, 0.05) is 19.0 Å². The van der Waals surface area contributed by atoms with Gasteiger partial charge in [-0.2, -0.15) is 0 Å². The molecule has 1 aromatic carbocycles. The highest BCUT2D eigenvalue weighted by Crippen LogP contribution is 2.61. The molecule has 21 heavy (non-hydrogen) atoms. The van der Waals surface area contributed by atoms with Crippen molar-refractivity contribution < 1.29 is 4.79 Å². The van der Waals surface area contributed by atoms with Crippen LogP contribution in [-0.2, 0) is 4.79 Å². The van der Waals surface area contributed by atoms with E-state index in [0.717, 1.165) is 0 Å². The van der Waals surface area contributed by atoms with Gasteiger partial charge in [0.1, 0.15) is 0 Å². The Labute approximate surface area is 126 Å². The minimum atomic E-state index is 0.0164. The van der Waals surface area contributed by atoms with E-state index in [4.69, 9.17) is 0 Å². The van der Waals surface area contributed by atoms with E-state index in [0.29, 0.717) is 18.5 Å². The molecule has 0 N–H and O–H groups in total. The SMILES string of the molecule is CC#CCN1C(=O)C2C(c3ccccc3)C(N1C)C2(C)C. The van der Waals surface area contributed by atoms with Crippen LogP contribution in [0.5, 0.6) is 0 Å². The third-order valence-electron chi connectivity index (χ3n) is 5.16. The minimum Gasteiger partial charge on any atom is -0.273 e. The van der Waals surface area contributed by atoms with Crippen LogP contribution in [0, 0.1) is 23.2 Å². The number of rotatable bonds is 2. The zero-order valence-corrected chi connectivity index (χ0v) is 13.1. The first-order chi connectivity index (χ1) is 10.00. The first-order valence-electron chi connectivity index (χ1n) is 7.48. The maximum absolute atomic E-state index is 12.9. The predicted octanol–water partition coefficient (Wildman–Crippen LogP) is 2.51. The standard InChI is InChI=1S/C18H22N2O/c1-5-6-12-20-17(21)15-14(13-10-8-7-9-11-13)16(19(20)4)18(15,2)3/h7-11,14-16H,12H2,1-4H3. The van der Waals surface area contributed by atoms with Gasteiger partial charge >= 0.3 is 0 Å². The van der Waals surface area contributed by atoms with Crippen molar-refractivity contribution in [3.63, 3.8) is 0 Å². The fourth-order valence-corrected chi connectivity index (χ4v) is 4.22. The molecule has 0 spiro atoms. The number of hydrazine groups is 1. The largest absolute Gasteiger partial charge is 0.273 e. The second kappa shape index (κ2) is 4.89. The maximum Gasteiger partial charge on any atom is 0.242 e. The van der Waals surface area contributed by atoms with Crippen molar-refractivity contribution >= 4 is 5.91 Å². The molecule has 2 bridgehead atoms. The number of carbonyl (C=O) groups is 1. The third kappa shape index (κ3) is 1.90. The Morgan fingerprint density at radius 2 is 1.90 bits per heavy atom. The molecule has 3 fully saturated rings. The van der Waals surface area contributed by atoms with E-state index in [1.807, 2.05) is 25.0 Å². The summed E-state index contributed by atoms with van der Waals surface area (Å²) in [6.07, 6.45) is 0. The molecule has 1 aliphatic carbocycles. The van der Waals surface area contributed by atoms with Crippen LogP contribution < -0.4 is 0 Å². The van der Waals surface area contributed by atoms with Gasteiger partial charge in [0.15, 0.2) is 0 Å². The average molecular weight is 282 g/mol. The molecular formula is C18H22N2O. The highest BCUT2D eigenvalue weighted by atomic mass is 16.2. The highest BCUT2D eigenvalue weighted by molar-refractivity contribution is 5.84. The Kier molecular flexibility index (Phi) is 3.30. The zero-order valence-electron chi connectivity index (χ0n) is 13.1. The van der Waals surface area contributed by atoms with Gasteiger partial charge in [0.2, 0.25) is 5.91 Å². The number of benzene rings is 1. The fourth-order valence-electron chi connectivity index (χ4n) is 4.22. The van der Waals surface area contributed by atoms with Crippen molar-refractivity contribution in [3.8, 4) is 11.8 Å². The smallest absolute Gasteiger partial charge is 0.242 e. The Balaban J connectivity index is 1.96. The number of hydrogen-bond donors (Lipinski definition) is 0. The van der Waals surface area contributed by atoms with Gasteiger partial charge in [-0.1, -0.05) is 50.1 Å². The summed E-state index contributed by atoms with van der Waals surface area (Å²) < 4.78 is 0. The lowest BCUT2D eigenvalue weighted by Crippen LogP contribution is -2.76. The van der Waals surface area contributed by atoms with Gasteiger partial charge in [0.05, 0.1) is 12.5 Å². The van der Waals surface area contributed by atoms with Crippen LogP contribution in [-0.4, -0.2) is 35.6 Å². The van der Waals surface area contributed by atoms with Crippen molar-refractivity contribution in [3.05, 3.63) is 35.9 Å². The summed E-state index contributed by atoms with van der Waals surface area (Å²) in [4.78, 5) is 12.9. The lowest BCUT2D eigenvalue weighted by molar-refractivity contribution is -0.227. The van der Waals surface area contributed by atoms with Gasteiger partial charge < -0.3 is 0 Å². The third-order valence-corrected chi connectivity index (χ3v) is 5.16. The molecule has 0 radical (unpaired) electrons. The van der Waals surface area contributed by atoms with Crippen LogP contribution in [0.4, 0.5) is 0 Å². The van der Waals surface area contributed by atoms with Crippen molar-refractivity contribution in [2.24, 2.45) is 11.3 Å².